The number of para-hydroxylation sites is 1. The zero-order chi connectivity index (χ0) is 16.4. The van der Waals surface area contributed by atoms with Gasteiger partial charge >= 0.3 is 0 Å². The summed E-state index contributed by atoms with van der Waals surface area (Å²) < 4.78 is 1.80. The zero-order valence-corrected chi connectivity index (χ0v) is 14.5. The van der Waals surface area contributed by atoms with Crippen LogP contribution in [0.1, 0.15) is 29.4 Å². The number of halogens is 1. The highest BCUT2D eigenvalue weighted by Gasteiger charge is 2.18. The molecule has 1 heterocycles. The van der Waals surface area contributed by atoms with Crippen molar-refractivity contribution in [3.05, 3.63) is 45.7 Å². The fourth-order valence-electron chi connectivity index (χ4n) is 2.45. The lowest BCUT2D eigenvalue weighted by molar-refractivity contribution is -0.119. The fourth-order valence-corrected chi connectivity index (χ4v) is 2.59. The van der Waals surface area contributed by atoms with Gasteiger partial charge in [0.15, 0.2) is 0 Å². The van der Waals surface area contributed by atoms with E-state index in [1.54, 1.807) is 4.68 Å². The van der Waals surface area contributed by atoms with Crippen LogP contribution in [0.15, 0.2) is 18.2 Å². The highest BCUT2D eigenvalue weighted by Crippen LogP contribution is 2.22. The third-order valence-electron chi connectivity index (χ3n) is 3.92. The first-order valence-corrected chi connectivity index (χ1v) is 7.75. The van der Waals surface area contributed by atoms with Gasteiger partial charge in [-0.25, -0.2) is 0 Å². The fraction of sp³-hybridized carbons (Fsp3) is 0.412. The van der Waals surface area contributed by atoms with Crippen LogP contribution in [0.2, 0.25) is 5.02 Å². The van der Waals surface area contributed by atoms with Gasteiger partial charge in [0.05, 0.1) is 28.9 Å². The van der Waals surface area contributed by atoms with E-state index in [-0.39, 0.29) is 11.8 Å². The molecule has 1 aromatic heterocycles. The Kier molecular flexibility index (Phi) is 4.91. The molecular formula is C17H22ClN3O. The number of aryl methyl sites for hydroxylation is 3. The molecular weight excluding hydrogens is 298 g/mol. The highest BCUT2D eigenvalue weighted by molar-refractivity contribution is 6.31. The van der Waals surface area contributed by atoms with E-state index in [2.05, 4.69) is 10.4 Å². The minimum Gasteiger partial charge on any atom is -0.325 e. The lowest BCUT2D eigenvalue weighted by atomic mass is 10.1. The number of anilines is 1. The third-order valence-corrected chi connectivity index (χ3v) is 4.46. The van der Waals surface area contributed by atoms with Gasteiger partial charge < -0.3 is 5.32 Å². The van der Waals surface area contributed by atoms with Crippen LogP contribution in [-0.4, -0.2) is 15.7 Å². The maximum atomic E-state index is 12.4. The van der Waals surface area contributed by atoms with E-state index in [0.29, 0.717) is 11.6 Å². The summed E-state index contributed by atoms with van der Waals surface area (Å²) in [6, 6.07) is 5.98. The van der Waals surface area contributed by atoms with Crippen LogP contribution in [0.5, 0.6) is 0 Å². The van der Waals surface area contributed by atoms with Crippen LogP contribution >= 0.6 is 11.6 Å². The van der Waals surface area contributed by atoms with E-state index in [1.807, 2.05) is 52.8 Å². The maximum Gasteiger partial charge on any atom is 0.229 e. The molecule has 118 valence electrons. The summed E-state index contributed by atoms with van der Waals surface area (Å²) in [5.41, 5.74) is 4.71. The molecule has 22 heavy (non-hydrogen) atoms. The van der Waals surface area contributed by atoms with Gasteiger partial charge in [-0.1, -0.05) is 36.7 Å². The number of carbonyl (C=O) groups is 1. The molecule has 4 nitrogen and oxygen atoms in total. The van der Waals surface area contributed by atoms with Gasteiger partial charge in [-0.15, -0.1) is 0 Å². The lowest BCUT2D eigenvalue weighted by Gasteiger charge is -2.16. The Balaban J connectivity index is 2.11. The average molecular weight is 320 g/mol. The van der Waals surface area contributed by atoms with E-state index in [1.165, 1.54) is 0 Å². The molecule has 2 rings (SSSR count). The summed E-state index contributed by atoms with van der Waals surface area (Å²) in [5.74, 6) is -0.214. The lowest BCUT2D eigenvalue weighted by Crippen LogP contribution is -2.26. The van der Waals surface area contributed by atoms with Crippen molar-refractivity contribution in [2.24, 2.45) is 5.92 Å². The molecule has 0 saturated heterocycles. The number of nitrogens with zero attached hydrogens (tertiary/aromatic N) is 2. The standard InChI is InChI=1S/C17H22ClN3O/c1-10-7-6-8-11(2)16(10)19-17(22)12(3)9-21-14(5)15(18)13(4)20-21/h6-8,12H,9H2,1-5H3,(H,19,22). The number of aromatic nitrogens is 2. The number of benzene rings is 1. The smallest absolute Gasteiger partial charge is 0.229 e. The number of rotatable bonds is 4. The van der Waals surface area contributed by atoms with Gasteiger partial charge in [0, 0.05) is 5.69 Å². The molecule has 1 amide bonds. The van der Waals surface area contributed by atoms with E-state index in [0.717, 1.165) is 28.2 Å². The topological polar surface area (TPSA) is 46.9 Å². The van der Waals surface area contributed by atoms with Crippen LogP contribution < -0.4 is 5.32 Å². The molecule has 1 unspecified atom stereocenters. The van der Waals surface area contributed by atoms with Crippen molar-refractivity contribution < 1.29 is 4.79 Å². The second kappa shape index (κ2) is 6.53. The van der Waals surface area contributed by atoms with Crippen molar-refractivity contribution >= 4 is 23.2 Å². The summed E-state index contributed by atoms with van der Waals surface area (Å²) >= 11 is 6.15. The van der Waals surface area contributed by atoms with Crippen LogP contribution in [0.3, 0.4) is 0 Å². The predicted octanol–water partition coefficient (Wildman–Crippen LogP) is 4.04. The Morgan fingerprint density at radius 3 is 2.36 bits per heavy atom. The van der Waals surface area contributed by atoms with Gasteiger partial charge in [0.2, 0.25) is 5.91 Å². The summed E-state index contributed by atoms with van der Waals surface area (Å²) in [6.07, 6.45) is 0. The van der Waals surface area contributed by atoms with Crippen molar-refractivity contribution in [2.75, 3.05) is 5.32 Å². The van der Waals surface area contributed by atoms with E-state index in [9.17, 15) is 4.79 Å². The van der Waals surface area contributed by atoms with Crippen LogP contribution in [-0.2, 0) is 11.3 Å². The number of nitrogens with one attached hydrogen (secondary N) is 1. The second-order valence-electron chi connectivity index (χ2n) is 5.82. The Hall–Kier alpha value is -1.81. The first-order chi connectivity index (χ1) is 10.3. The molecule has 1 aromatic carbocycles. The summed E-state index contributed by atoms with van der Waals surface area (Å²) in [4.78, 5) is 12.4. The molecule has 5 heteroatoms. The first kappa shape index (κ1) is 16.6. The quantitative estimate of drug-likeness (QED) is 0.924. The zero-order valence-electron chi connectivity index (χ0n) is 13.7. The Morgan fingerprint density at radius 1 is 1.27 bits per heavy atom. The number of carbonyl (C=O) groups excluding carboxylic acids is 1. The van der Waals surface area contributed by atoms with Crippen molar-refractivity contribution in [3.8, 4) is 0 Å². The van der Waals surface area contributed by atoms with Crippen molar-refractivity contribution in [1.82, 2.24) is 9.78 Å². The van der Waals surface area contributed by atoms with E-state index >= 15 is 0 Å². The van der Waals surface area contributed by atoms with Gasteiger partial charge in [-0.05, 0) is 38.8 Å². The van der Waals surface area contributed by atoms with Crippen molar-refractivity contribution in [2.45, 2.75) is 41.2 Å². The summed E-state index contributed by atoms with van der Waals surface area (Å²) in [5, 5.41) is 8.07. The number of hydrogen-bond donors (Lipinski definition) is 1. The normalized spacial score (nSPS) is 12.3. The highest BCUT2D eigenvalue weighted by atomic mass is 35.5. The van der Waals surface area contributed by atoms with E-state index in [4.69, 9.17) is 11.6 Å². The molecule has 1 N–H and O–H groups in total. The Bertz CT molecular complexity index is 686. The molecule has 1 atom stereocenters. The molecule has 0 saturated carbocycles. The maximum absolute atomic E-state index is 12.4. The Morgan fingerprint density at radius 2 is 1.86 bits per heavy atom. The Labute approximate surface area is 136 Å². The SMILES string of the molecule is Cc1cccc(C)c1NC(=O)C(C)Cn1nc(C)c(Cl)c1C. The average Bonchev–Trinajstić information content (AvgIpc) is 2.70. The predicted molar refractivity (Wildman–Crippen MR) is 90.4 cm³/mol. The van der Waals surface area contributed by atoms with Crippen LogP contribution in [0.4, 0.5) is 5.69 Å². The minimum atomic E-state index is -0.201. The minimum absolute atomic E-state index is 0.0129. The number of amides is 1. The van der Waals surface area contributed by atoms with E-state index < -0.39 is 0 Å². The molecule has 0 spiro atoms. The van der Waals surface area contributed by atoms with Crippen molar-refractivity contribution in [1.29, 1.82) is 0 Å². The molecule has 0 radical (unpaired) electrons. The third kappa shape index (κ3) is 3.33. The van der Waals surface area contributed by atoms with Gasteiger partial charge in [-0.3, -0.25) is 9.48 Å². The van der Waals surface area contributed by atoms with Crippen LogP contribution in [0, 0.1) is 33.6 Å². The summed E-state index contributed by atoms with van der Waals surface area (Å²) in [7, 11) is 0. The molecule has 0 fully saturated rings. The number of hydrogen-bond acceptors (Lipinski definition) is 2. The molecule has 2 aromatic rings. The second-order valence-corrected chi connectivity index (χ2v) is 6.20. The summed E-state index contributed by atoms with van der Waals surface area (Å²) in [6.45, 7) is 10.2. The molecule has 0 aliphatic heterocycles. The van der Waals surface area contributed by atoms with Gasteiger partial charge in [0.25, 0.3) is 0 Å². The largest absolute Gasteiger partial charge is 0.325 e. The van der Waals surface area contributed by atoms with Gasteiger partial charge in [0.1, 0.15) is 0 Å². The van der Waals surface area contributed by atoms with Crippen LogP contribution in [0.25, 0.3) is 0 Å². The molecule has 0 bridgehead atoms. The molecule has 0 aliphatic carbocycles. The monoisotopic (exact) mass is 319 g/mol. The first-order valence-electron chi connectivity index (χ1n) is 7.37. The van der Waals surface area contributed by atoms with Crippen molar-refractivity contribution in [3.63, 3.8) is 0 Å². The van der Waals surface area contributed by atoms with Gasteiger partial charge in [-0.2, -0.15) is 5.10 Å². The molecule has 0 aliphatic rings.